The lowest BCUT2D eigenvalue weighted by molar-refractivity contribution is -0.346. The van der Waals surface area contributed by atoms with Crippen molar-refractivity contribution in [3.63, 3.8) is 0 Å². The quantitative estimate of drug-likeness (QED) is 0.126. The minimum absolute atomic E-state index is 0.0250. The van der Waals surface area contributed by atoms with E-state index in [2.05, 4.69) is 5.32 Å². The summed E-state index contributed by atoms with van der Waals surface area (Å²) < 4.78 is 37.1. The number of esters is 5. The molecule has 0 aromatic heterocycles. The maximum Gasteiger partial charge on any atom is 0.338 e. The molecule has 3 aliphatic carbocycles. The Balaban J connectivity index is 1.42. The van der Waals surface area contributed by atoms with Gasteiger partial charge >= 0.3 is 29.8 Å². The minimum atomic E-state index is -2.45. The van der Waals surface area contributed by atoms with E-state index in [4.69, 9.17) is 28.4 Å². The number of ketones is 1. The molecular formula is C51H58N2O15. The number of hydrogen-bond acceptors (Lipinski definition) is 16. The number of carbonyl (C=O) groups excluding carboxylic acids is 7. The number of rotatable bonds is 13. The first-order valence-corrected chi connectivity index (χ1v) is 22.4. The predicted octanol–water partition coefficient (Wildman–Crippen LogP) is 3.85. The number of nitrogens with zero attached hydrogens (tertiary/aromatic N) is 1. The second-order valence-electron chi connectivity index (χ2n) is 19.1. The van der Waals surface area contributed by atoms with Gasteiger partial charge < -0.3 is 44.0 Å². The van der Waals surface area contributed by atoms with Crippen molar-refractivity contribution in [2.75, 3.05) is 27.2 Å². The molecule has 68 heavy (non-hydrogen) atoms. The Labute approximate surface area is 394 Å². The highest BCUT2D eigenvalue weighted by molar-refractivity contribution is 5.96. The first-order valence-electron chi connectivity index (χ1n) is 22.4. The summed E-state index contributed by atoms with van der Waals surface area (Å²) in [7, 11) is 3.28. The van der Waals surface area contributed by atoms with Gasteiger partial charge in [0.05, 0.1) is 36.1 Å². The smallest absolute Gasteiger partial charge is 0.338 e. The second kappa shape index (κ2) is 19.0. The van der Waals surface area contributed by atoms with Gasteiger partial charge in [-0.2, -0.15) is 0 Å². The van der Waals surface area contributed by atoms with Gasteiger partial charge in [0, 0.05) is 37.7 Å². The molecule has 7 rings (SSSR count). The number of hydrogen-bond donors (Lipinski definition) is 3. The molecule has 3 N–H and O–H groups in total. The zero-order chi connectivity index (χ0) is 49.5. The lowest BCUT2D eigenvalue weighted by Gasteiger charge is -2.67. The molecule has 17 heteroatoms. The molecule has 362 valence electrons. The Kier molecular flexibility index (Phi) is 13.9. The van der Waals surface area contributed by atoms with Crippen LogP contribution in [-0.4, -0.2) is 132 Å². The fourth-order valence-corrected chi connectivity index (χ4v) is 10.8. The lowest BCUT2D eigenvalue weighted by Crippen LogP contribution is -2.82. The number of ether oxygens (including phenoxy) is 6. The molecule has 11 atom stereocenters. The van der Waals surface area contributed by atoms with E-state index in [1.807, 2.05) is 0 Å². The number of likely N-dealkylation sites (N-methyl/N-ethyl adjacent to an activating group) is 1. The molecule has 1 aliphatic heterocycles. The summed E-state index contributed by atoms with van der Waals surface area (Å²) in [6.07, 6.45) is -10.6. The highest BCUT2D eigenvalue weighted by Crippen LogP contribution is 2.65. The van der Waals surface area contributed by atoms with Gasteiger partial charge in [-0.1, -0.05) is 80.6 Å². The van der Waals surface area contributed by atoms with Gasteiger partial charge in [0.25, 0.3) is 5.91 Å². The standard InChI is InChI=1S/C51H58N2O15/c1-28-34(65-47(61)40(57)39(31-18-12-9-13-19-31)52-45(59)32-20-14-10-15-21-32)25-51(62)44(67-46(60)33-22-16-11-17-23-33)42-49(6,43(58)41(64-29(2)54)38(28)48(51,4)5)35(66-37(56)26-53(7)8)24-36-50(42,27-63-36)68-30(3)55/h9-23,34-36,39-42,44,57,62H,24-27H2,1-8H3,(H,52,59)/t34-,35-,36?,39?,40?,41+,42?,44?,49+,50?,51+/m0/s1. The molecule has 3 fully saturated rings. The van der Waals surface area contributed by atoms with Crippen LogP contribution in [0.4, 0.5) is 0 Å². The molecule has 3 aromatic rings. The van der Waals surface area contributed by atoms with Crippen molar-refractivity contribution < 1.29 is 72.2 Å². The third-order valence-electron chi connectivity index (χ3n) is 14.2. The Morgan fingerprint density at radius 3 is 1.96 bits per heavy atom. The van der Waals surface area contributed by atoms with E-state index in [1.165, 1.54) is 26.0 Å². The summed E-state index contributed by atoms with van der Waals surface area (Å²) in [5, 5.41) is 28.6. The third-order valence-corrected chi connectivity index (χ3v) is 14.2. The number of aliphatic hydroxyl groups is 2. The highest BCUT2D eigenvalue weighted by Gasteiger charge is 2.79. The number of aliphatic hydroxyl groups excluding tert-OH is 1. The van der Waals surface area contributed by atoms with Crippen LogP contribution >= 0.6 is 0 Å². The SMILES string of the molecule is CC(=O)O[C@H]1C(=O)[C@@]2(C)C(C(OC(=O)c3ccccc3)[C@]3(O)C[C@H](OC(=O)C(O)C(NC(=O)c4ccccc4)c4ccccc4)C(C)=C1C3(C)C)C1(OC(C)=O)COC1C[C@@H]2OC(=O)CN(C)C. The van der Waals surface area contributed by atoms with Crippen LogP contribution < -0.4 is 5.32 Å². The van der Waals surface area contributed by atoms with Gasteiger partial charge in [-0.3, -0.25) is 28.9 Å². The maximum absolute atomic E-state index is 16.0. The van der Waals surface area contributed by atoms with E-state index in [-0.39, 0.29) is 41.8 Å². The summed E-state index contributed by atoms with van der Waals surface area (Å²) in [6.45, 7) is 7.76. The van der Waals surface area contributed by atoms with Gasteiger partial charge in [0.15, 0.2) is 23.6 Å². The fourth-order valence-electron chi connectivity index (χ4n) is 10.8. The van der Waals surface area contributed by atoms with E-state index >= 15 is 4.79 Å². The number of fused-ring (bicyclic) bond motifs is 5. The topological polar surface area (TPSA) is 231 Å². The third kappa shape index (κ3) is 8.83. The Bertz CT molecular complexity index is 2480. The average molecular weight is 939 g/mol. The molecule has 2 bridgehead atoms. The lowest BCUT2D eigenvalue weighted by atomic mass is 9.44. The molecule has 1 amide bonds. The van der Waals surface area contributed by atoms with Crippen LogP contribution in [0.25, 0.3) is 0 Å². The summed E-state index contributed by atoms with van der Waals surface area (Å²) in [6, 6.07) is 22.9. The first kappa shape index (κ1) is 49.6. The van der Waals surface area contributed by atoms with Gasteiger partial charge in [-0.25, -0.2) is 9.59 Å². The molecule has 0 radical (unpaired) electrons. The van der Waals surface area contributed by atoms with E-state index < -0.39 is 119 Å². The van der Waals surface area contributed by atoms with Crippen molar-refractivity contribution in [2.45, 2.75) is 108 Å². The number of nitrogens with one attached hydrogen (secondary N) is 1. The van der Waals surface area contributed by atoms with E-state index in [1.54, 1.807) is 112 Å². The average Bonchev–Trinajstić information content (AvgIpc) is 3.28. The van der Waals surface area contributed by atoms with Crippen LogP contribution in [-0.2, 0) is 52.4 Å². The van der Waals surface area contributed by atoms with Crippen molar-refractivity contribution in [2.24, 2.45) is 16.7 Å². The number of Topliss-reactive ketones (excluding diaryl/α,β-unsaturated/α-hetero) is 1. The van der Waals surface area contributed by atoms with Gasteiger partial charge in [0.1, 0.15) is 30.0 Å². The number of carbonyl (C=O) groups is 7. The van der Waals surface area contributed by atoms with Crippen molar-refractivity contribution in [1.29, 1.82) is 0 Å². The van der Waals surface area contributed by atoms with E-state index in [0.29, 0.717) is 5.56 Å². The van der Waals surface area contributed by atoms with E-state index in [0.717, 1.165) is 13.8 Å². The van der Waals surface area contributed by atoms with Gasteiger partial charge in [0.2, 0.25) is 0 Å². The second-order valence-corrected chi connectivity index (χ2v) is 19.1. The summed E-state index contributed by atoms with van der Waals surface area (Å²) in [4.78, 5) is 100. The van der Waals surface area contributed by atoms with Crippen LogP contribution in [0.15, 0.2) is 102 Å². The molecule has 17 nitrogen and oxygen atoms in total. The molecule has 0 spiro atoms. The van der Waals surface area contributed by atoms with Crippen molar-refractivity contribution in [3.05, 3.63) is 119 Å². The molecule has 4 aliphatic rings. The minimum Gasteiger partial charge on any atom is -0.460 e. The van der Waals surface area contributed by atoms with Crippen LogP contribution in [0.1, 0.15) is 86.7 Å². The van der Waals surface area contributed by atoms with Crippen molar-refractivity contribution in [3.8, 4) is 0 Å². The first-order chi connectivity index (χ1) is 32.1. The van der Waals surface area contributed by atoms with Gasteiger partial charge in [-0.15, -0.1) is 0 Å². The van der Waals surface area contributed by atoms with E-state index in [9.17, 15) is 39.0 Å². The maximum atomic E-state index is 16.0. The van der Waals surface area contributed by atoms with Crippen LogP contribution in [0.3, 0.4) is 0 Å². The summed E-state index contributed by atoms with van der Waals surface area (Å²) in [5.74, 6) is -7.74. The van der Waals surface area contributed by atoms with Crippen LogP contribution in [0, 0.1) is 16.7 Å². The molecule has 1 saturated heterocycles. The van der Waals surface area contributed by atoms with Crippen molar-refractivity contribution >= 4 is 41.5 Å². The molecule has 6 unspecified atom stereocenters. The number of benzene rings is 3. The zero-order valence-corrected chi connectivity index (χ0v) is 39.3. The predicted molar refractivity (Wildman–Crippen MR) is 240 cm³/mol. The van der Waals surface area contributed by atoms with Crippen molar-refractivity contribution in [1.82, 2.24) is 10.2 Å². The fraction of sp³-hybridized carbons (Fsp3) is 0.471. The van der Waals surface area contributed by atoms with Gasteiger partial charge in [-0.05, 0) is 68.9 Å². The Morgan fingerprint density at radius 1 is 0.824 bits per heavy atom. The molecule has 2 saturated carbocycles. The van der Waals surface area contributed by atoms with Crippen LogP contribution in [0.2, 0.25) is 0 Å². The normalized spacial score (nSPS) is 30.1. The molecular weight excluding hydrogens is 881 g/mol. The largest absolute Gasteiger partial charge is 0.460 e. The zero-order valence-electron chi connectivity index (χ0n) is 39.3. The highest BCUT2D eigenvalue weighted by atomic mass is 16.6. The number of amides is 1. The summed E-state index contributed by atoms with van der Waals surface area (Å²) in [5.41, 5.74) is -7.31. The Hall–Kier alpha value is -6.27. The molecule has 1 heterocycles. The monoisotopic (exact) mass is 938 g/mol. The summed E-state index contributed by atoms with van der Waals surface area (Å²) >= 11 is 0. The van der Waals surface area contributed by atoms with Crippen LogP contribution in [0.5, 0.6) is 0 Å². The molecule has 3 aromatic carbocycles. The Morgan fingerprint density at radius 2 is 1.41 bits per heavy atom.